The number of aromatic nitrogens is 8. The Morgan fingerprint density at radius 2 is 0.511 bits per heavy atom. The Labute approximate surface area is 508 Å². The number of nitrogens with zero attached hydrogens (tertiary/aromatic N) is 8. The molecule has 6 heterocycles. The Balaban J connectivity index is 1.27. The molecule has 0 saturated carbocycles. The lowest BCUT2D eigenvalue weighted by Gasteiger charge is -2.31. The molecule has 0 N–H and O–H groups in total. The second-order valence-corrected chi connectivity index (χ2v) is 23.8. The van der Waals surface area contributed by atoms with E-state index in [2.05, 4.69) is 290 Å². The van der Waals surface area contributed by atoms with Gasteiger partial charge in [0.05, 0.1) is 72.4 Å². The smallest absolute Gasteiger partial charge is 0.168 e. The van der Waals surface area contributed by atoms with Crippen molar-refractivity contribution in [2.75, 3.05) is 0 Å². The normalized spacial score (nSPS) is 12.0. The molecular weight excluding hydrogens is 1070 g/mol. The quantitative estimate of drug-likeness (QED) is 0.152. The Morgan fingerprint density at radius 3 is 0.886 bits per heavy atom. The van der Waals surface area contributed by atoms with E-state index in [4.69, 9.17) is 19.9 Å². The molecule has 8 heteroatoms. The molecule has 0 saturated heterocycles. The molecule has 8 nitrogen and oxygen atoms in total. The number of rotatable bonds is 8. The third kappa shape index (κ3) is 7.78. The van der Waals surface area contributed by atoms with Crippen molar-refractivity contribution in [1.82, 2.24) is 38.2 Å². The Morgan fingerprint density at radius 1 is 0.216 bits per heavy atom. The molecule has 0 aliphatic carbocycles. The van der Waals surface area contributed by atoms with Gasteiger partial charge < -0.3 is 18.3 Å². The lowest BCUT2D eigenvalue weighted by Crippen LogP contribution is -2.17. The molecule has 0 radical (unpaired) electrons. The first-order valence-corrected chi connectivity index (χ1v) is 30.2. The van der Waals surface area contributed by atoms with Crippen molar-refractivity contribution in [2.45, 2.75) is 41.5 Å². The lowest BCUT2D eigenvalue weighted by molar-refractivity contribution is 1.02. The van der Waals surface area contributed by atoms with Gasteiger partial charge in [0.15, 0.2) is 17.5 Å². The third-order valence-corrected chi connectivity index (χ3v) is 17.9. The highest BCUT2D eigenvalue weighted by atomic mass is 15.1. The molecule has 17 aromatic rings. The van der Waals surface area contributed by atoms with E-state index in [9.17, 15) is 0 Å². The zero-order valence-electron chi connectivity index (χ0n) is 49.7. The number of benzene rings is 11. The standard InChI is InChI=1S/C80H58N8/c1-47-33-37-68-60(41-47)56-25-13-17-29-64(56)85(68)74-72(55-45-51(5)81-52(6)46-55)75(86-65-30-18-14-26-57(65)61-42-48(2)34-38-69(61)86)77(88-67-32-20-16-28-59(67)63-44-50(4)36-40-71(63)88)76(87-66-31-19-15-27-58(66)62-43-49(3)35-39-70(62)87)73(74)80-83-78(53-21-9-7-10-22-53)82-79(84-80)54-23-11-8-12-24-54/h7-46H,1-6H3. The van der Waals surface area contributed by atoms with Gasteiger partial charge in [-0.3, -0.25) is 4.98 Å². The highest BCUT2D eigenvalue weighted by molar-refractivity contribution is 6.18. The van der Waals surface area contributed by atoms with Crippen molar-refractivity contribution in [3.8, 4) is 68.0 Å². The first-order valence-electron chi connectivity index (χ1n) is 30.2. The van der Waals surface area contributed by atoms with Gasteiger partial charge >= 0.3 is 0 Å². The maximum Gasteiger partial charge on any atom is 0.168 e. The van der Waals surface area contributed by atoms with E-state index in [1.54, 1.807) is 0 Å². The average molecular weight is 1130 g/mol. The van der Waals surface area contributed by atoms with Crippen molar-refractivity contribution in [3.63, 3.8) is 0 Å². The fourth-order valence-electron chi connectivity index (χ4n) is 14.3. The van der Waals surface area contributed by atoms with E-state index in [1.807, 2.05) is 12.1 Å². The molecule has 0 amide bonds. The van der Waals surface area contributed by atoms with Crippen LogP contribution in [0.25, 0.3) is 155 Å². The third-order valence-electron chi connectivity index (χ3n) is 17.9. The van der Waals surface area contributed by atoms with Crippen LogP contribution < -0.4 is 0 Å². The lowest BCUT2D eigenvalue weighted by atomic mass is 9.91. The number of para-hydroxylation sites is 4. The van der Waals surface area contributed by atoms with E-state index >= 15 is 0 Å². The number of pyridine rings is 1. The van der Waals surface area contributed by atoms with Crippen molar-refractivity contribution in [2.24, 2.45) is 0 Å². The summed E-state index contributed by atoms with van der Waals surface area (Å²) in [6.07, 6.45) is 0. The van der Waals surface area contributed by atoms with Gasteiger partial charge in [-0.25, -0.2) is 15.0 Å². The van der Waals surface area contributed by atoms with Gasteiger partial charge in [-0.15, -0.1) is 0 Å². The minimum Gasteiger partial charge on any atom is -0.308 e. The van der Waals surface area contributed by atoms with Gasteiger partial charge in [-0.1, -0.05) is 180 Å². The van der Waals surface area contributed by atoms with Crippen molar-refractivity contribution in [3.05, 3.63) is 276 Å². The van der Waals surface area contributed by atoms with Crippen LogP contribution in [0.3, 0.4) is 0 Å². The molecule has 0 atom stereocenters. The zero-order valence-corrected chi connectivity index (χ0v) is 49.7. The molecule has 88 heavy (non-hydrogen) atoms. The number of hydrogen-bond acceptors (Lipinski definition) is 4. The van der Waals surface area contributed by atoms with Crippen LogP contribution in [0, 0.1) is 41.5 Å². The molecule has 11 aromatic carbocycles. The topological polar surface area (TPSA) is 71.3 Å². The maximum atomic E-state index is 5.94. The SMILES string of the molecule is Cc1ccc2c(c1)c1ccccc1n2-c1c(-c2cc(C)nc(C)c2)c(-n2c3ccccc3c3cc(C)ccc32)c(-n2c3ccccc3c3cc(C)ccc32)c(-n2c3ccccc3c3cc(C)ccc32)c1-c1nc(-c2ccccc2)nc(-c2ccccc2)n1. The number of hydrogen-bond donors (Lipinski definition) is 0. The molecule has 0 unspecified atom stereocenters. The van der Waals surface area contributed by atoms with E-state index in [-0.39, 0.29) is 0 Å². The molecule has 418 valence electrons. The summed E-state index contributed by atoms with van der Waals surface area (Å²) in [5.41, 5.74) is 23.2. The summed E-state index contributed by atoms with van der Waals surface area (Å²) in [5, 5.41) is 9.17. The molecule has 0 fully saturated rings. The molecule has 0 aliphatic rings. The van der Waals surface area contributed by atoms with E-state index < -0.39 is 0 Å². The van der Waals surface area contributed by atoms with Gasteiger partial charge in [0.25, 0.3) is 0 Å². The molecule has 0 aliphatic heterocycles. The van der Waals surface area contributed by atoms with Gasteiger partial charge in [-0.05, 0) is 132 Å². The number of aryl methyl sites for hydroxylation is 6. The minimum atomic E-state index is 0.514. The Bertz CT molecular complexity index is 5680. The summed E-state index contributed by atoms with van der Waals surface area (Å²) in [6.45, 7) is 13.0. The first-order chi connectivity index (χ1) is 43.1. The van der Waals surface area contributed by atoms with Crippen LogP contribution >= 0.6 is 0 Å². The summed E-state index contributed by atoms with van der Waals surface area (Å²) in [5.74, 6) is 1.63. The molecule has 6 aromatic heterocycles. The van der Waals surface area contributed by atoms with E-state index in [0.29, 0.717) is 17.5 Å². The second kappa shape index (κ2) is 19.7. The minimum absolute atomic E-state index is 0.514. The maximum absolute atomic E-state index is 5.94. The largest absolute Gasteiger partial charge is 0.308 e. The van der Waals surface area contributed by atoms with Crippen LogP contribution in [0.1, 0.15) is 33.6 Å². The summed E-state index contributed by atoms with van der Waals surface area (Å²) >= 11 is 0. The first kappa shape index (κ1) is 51.2. The monoisotopic (exact) mass is 1130 g/mol. The van der Waals surface area contributed by atoms with Crippen LogP contribution in [-0.2, 0) is 0 Å². The Hall–Kier alpha value is -11.2. The van der Waals surface area contributed by atoms with Crippen LogP contribution in [0.2, 0.25) is 0 Å². The summed E-state index contributed by atoms with van der Waals surface area (Å²) in [4.78, 5) is 22.5. The zero-order chi connectivity index (χ0) is 59.1. The van der Waals surface area contributed by atoms with Crippen LogP contribution in [0.4, 0.5) is 0 Å². The van der Waals surface area contributed by atoms with Crippen molar-refractivity contribution >= 4 is 87.2 Å². The summed E-state index contributed by atoms with van der Waals surface area (Å²) < 4.78 is 10.2. The average Bonchev–Trinajstić information content (AvgIpc) is 1.65. The Kier molecular flexibility index (Phi) is 11.4. The molecular formula is C80H58N8. The molecule has 17 rings (SSSR count). The highest BCUT2D eigenvalue weighted by Gasteiger charge is 2.37. The summed E-state index contributed by atoms with van der Waals surface area (Å²) in [6, 6.07) is 88.8. The highest BCUT2D eigenvalue weighted by Crippen LogP contribution is 2.55. The van der Waals surface area contributed by atoms with E-state index in [0.717, 1.165) is 149 Å². The van der Waals surface area contributed by atoms with Crippen LogP contribution in [-0.4, -0.2) is 38.2 Å². The predicted octanol–water partition coefficient (Wildman–Crippen LogP) is 20.2. The van der Waals surface area contributed by atoms with Crippen molar-refractivity contribution < 1.29 is 0 Å². The van der Waals surface area contributed by atoms with Crippen LogP contribution in [0.15, 0.2) is 243 Å². The van der Waals surface area contributed by atoms with Gasteiger partial charge in [0.1, 0.15) is 0 Å². The fraction of sp³-hybridized carbons (Fsp3) is 0.0750. The van der Waals surface area contributed by atoms with Gasteiger partial charge in [0.2, 0.25) is 0 Å². The van der Waals surface area contributed by atoms with Gasteiger partial charge in [-0.2, -0.15) is 0 Å². The number of fused-ring (bicyclic) bond motifs is 12. The molecule has 0 bridgehead atoms. The predicted molar refractivity (Wildman–Crippen MR) is 365 cm³/mol. The van der Waals surface area contributed by atoms with E-state index in [1.165, 1.54) is 22.3 Å². The summed E-state index contributed by atoms with van der Waals surface area (Å²) in [7, 11) is 0. The van der Waals surface area contributed by atoms with Crippen LogP contribution in [0.5, 0.6) is 0 Å². The molecule has 0 spiro atoms. The second-order valence-electron chi connectivity index (χ2n) is 23.8. The van der Waals surface area contributed by atoms with Gasteiger partial charge in [0, 0.05) is 71.2 Å². The van der Waals surface area contributed by atoms with Crippen molar-refractivity contribution in [1.29, 1.82) is 0 Å². The fourth-order valence-corrected chi connectivity index (χ4v) is 14.3.